The van der Waals surface area contributed by atoms with Gasteiger partial charge in [0, 0.05) is 11.6 Å². The highest BCUT2D eigenvalue weighted by Gasteiger charge is 2.27. The van der Waals surface area contributed by atoms with Crippen LogP contribution in [0.25, 0.3) is 0 Å². The molecule has 20 heavy (non-hydrogen) atoms. The molecule has 1 atom stereocenters. The van der Waals surface area contributed by atoms with E-state index in [0.29, 0.717) is 6.54 Å². The fourth-order valence-electron chi connectivity index (χ4n) is 2.25. The summed E-state index contributed by atoms with van der Waals surface area (Å²) in [6, 6.07) is 10.7. The summed E-state index contributed by atoms with van der Waals surface area (Å²) in [5, 5.41) is 3.68. The van der Waals surface area contributed by atoms with Crippen molar-refractivity contribution in [2.24, 2.45) is 16.5 Å². The molecule has 0 fully saturated rings. The predicted octanol–water partition coefficient (Wildman–Crippen LogP) is 2.79. The van der Waals surface area contributed by atoms with Crippen molar-refractivity contribution in [2.75, 3.05) is 6.54 Å². The molecule has 0 bridgehead atoms. The van der Waals surface area contributed by atoms with Crippen molar-refractivity contribution in [2.45, 2.75) is 45.2 Å². The zero-order valence-electron chi connectivity index (χ0n) is 12.6. The first-order valence-corrected chi connectivity index (χ1v) is 6.91. The Morgan fingerprint density at radius 2 is 1.75 bits per heavy atom. The third kappa shape index (κ3) is 5.66. The summed E-state index contributed by atoms with van der Waals surface area (Å²) in [5.74, 6) is 0.153. The molecule has 1 unspecified atom stereocenters. The third-order valence-electron chi connectivity index (χ3n) is 3.74. The fraction of sp³-hybridized carbons (Fsp3) is 0.533. The lowest BCUT2D eigenvalue weighted by Gasteiger charge is -2.35. The minimum Gasteiger partial charge on any atom is -0.370 e. The van der Waals surface area contributed by atoms with Crippen LogP contribution in [-0.2, 0) is 0 Å². The maximum absolute atomic E-state index is 5.45. The third-order valence-corrected chi connectivity index (χ3v) is 3.74. The Balaban J connectivity index is 0.00000361. The lowest BCUT2D eigenvalue weighted by atomic mass is 9.91. The highest BCUT2D eigenvalue weighted by molar-refractivity contribution is 14.0. The van der Waals surface area contributed by atoms with E-state index in [4.69, 9.17) is 11.5 Å². The zero-order valence-corrected chi connectivity index (χ0v) is 14.9. The number of nitrogens with zero attached hydrogens (tertiary/aromatic N) is 1. The van der Waals surface area contributed by atoms with E-state index in [2.05, 4.69) is 55.3 Å². The minimum atomic E-state index is -0.0563. The molecular weight excluding hydrogens is 363 g/mol. The van der Waals surface area contributed by atoms with Gasteiger partial charge in [-0.15, -0.1) is 24.0 Å². The van der Waals surface area contributed by atoms with Crippen LogP contribution in [0.5, 0.6) is 0 Å². The Bertz CT molecular complexity index is 398. The molecular formula is C15H27IN4. The second kappa shape index (κ2) is 9.18. The number of nitrogens with one attached hydrogen (secondary N) is 1. The molecule has 1 rings (SSSR count). The first-order chi connectivity index (χ1) is 9.03. The van der Waals surface area contributed by atoms with Gasteiger partial charge in [0.15, 0.2) is 5.96 Å². The number of hydrogen-bond acceptors (Lipinski definition) is 2. The lowest BCUT2D eigenvalue weighted by molar-refractivity contribution is 0.281. The smallest absolute Gasteiger partial charge is 0.185 e. The molecule has 0 saturated heterocycles. The van der Waals surface area contributed by atoms with Crippen molar-refractivity contribution < 1.29 is 0 Å². The van der Waals surface area contributed by atoms with Gasteiger partial charge in [-0.2, -0.15) is 0 Å². The molecule has 0 heterocycles. The maximum Gasteiger partial charge on any atom is 0.185 e. The van der Waals surface area contributed by atoms with Crippen molar-refractivity contribution in [1.29, 1.82) is 0 Å². The summed E-state index contributed by atoms with van der Waals surface area (Å²) in [6.07, 6.45) is 1.97. The molecule has 5 heteroatoms. The number of nitrogens with two attached hydrogens (primary N) is 2. The van der Waals surface area contributed by atoms with Gasteiger partial charge in [0.1, 0.15) is 0 Å². The molecule has 0 aliphatic heterocycles. The second-order valence-corrected chi connectivity index (χ2v) is 5.01. The fourth-order valence-corrected chi connectivity index (χ4v) is 2.25. The van der Waals surface area contributed by atoms with Gasteiger partial charge in [-0.25, -0.2) is 0 Å². The van der Waals surface area contributed by atoms with Crippen molar-refractivity contribution in [3.05, 3.63) is 35.9 Å². The van der Waals surface area contributed by atoms with Crippen LogP contribution in [0.2, 0.25) is 0 Å². The summed E-state index contributed by atoms with van der Waals surface area (Å²) in [5.41, 5.74) is 12.1. The Hall–Kier alpha value is -0.820. The average molecular weight is 390 g/mol. The molecule has 1 aromatic rings. The van der Waals surface area contributed by atoms with E-state index in [-0.39, 0.29) is 41.5 Å². The topological polar surface area (TPSA) is 76.4 Å². The zero-order chi connectivity index (χ0) is 14.3. The maximum atomic E-state index is 5.45. The van der Waals surface area contributed by atoms with Crippen molar-refractivity contribution in [3.63, 3.8) is 0 Å². The predicted molar refractivity (Wildman–Crippen MR) is 97.4 cm³/mol. The Morgan fingerprint density at radius 1 is 1.20 bits per heavy atom. The molecule has 4 nitrogen and oxygen atoms in total. The van der Waals surface area contributed by atoms with Gasteiger partial charge >= 0.3 is 0 Å². The molecule has 0 aromatic heterocycles. The minimum absolute atomic E-state index is 0. The highest BCUT2D eigenvalue weighted by atomic mass is 127. The quantitative estimate of drug-likeness (QED) is 0.381. The van der Waals surface area contributed by atoms with Gasteiger partial charge in [0.25, 0.3) is 0 Å². The van der Waals surface area contributed by atoms with Crippen LogP contribution in [0.4, 0.5) is 0 Å². The van der Waals surface area contributed by atoms with Gasteiger partial charge in [-0.1, -0.05) is 44.2 Å². The van der Waals surface area contributed by atoms with Gasteiger partial charge in [0.05, 0.1) is 6.54 Å². The summed E-state index contributed by atoms with van der Waals surface area (Å²) in [4.78, 5) is 4.20. The van der Waals surface area contributed by atoms with Crippen LogP contribution in [0, 0.1) is 0 Å². The monoisotopic (exact) mass is 390 g/mol. The molecule has 5 N–H and O–H groups in total. The Labute approximate surface area is 139 Å². The van der Waals surface area contributed by atoms with E-state index in [1.54, 1.807) is 0 Å². The van der Waals surface area contributed by atoms with E-state index < -0.39 is 0 Å². The van der Waals surface area contributed by atoms with E-state index in [9.17, 15) is 0 Å². The number of benzene rings is 1. The largest absolute Gasteiger partial charge is 0.370 e. The highest BCUT2D eigenvalue weighted by Crippen LogP contribution is 2.22. The van der Waals surface area contributed by atoms with E-state index in [1.807, 2.05) is 6.07 Å². The number of aliphatic imine (C=N–C) groups is 1. The lowest BCUT2D eigenvalue weighted by Crippen LogP contribution is -2.48. The number of guanidine groups is 1. The van der Waals surface area contributed by atoms with Crippen molar-refractivity contribution >= 4 is 29.9 Å². The van der Waals surface area contributed by atoms with Gasteiger partial charge in [0.2, 0.25) is 0 Å². The van der Waals surface area contributed by atoms with Crippen molar-refractivity contribution in [3.8, 4) is 0 Å². The van der Waals surface area contributed by atoms with E-state index in [0.717, 1.165) is 12.8 Å². The van der Waals surface area contributed by atoms with Gasteiger partial charge < -0.3 is 16.8 Å². The molecule has 0 radical (unpaired) electrons. The average Bonchev–Trinajstić information content (AvgIpc) is 2.44. The number of halogens is 1. The van der Waals surface area contributed by atoms with Crippen LogP contribution in [0.3, 0.4) is 0 Å². The van der Waals surface area contributed by atoms with Crippen LogP contribution >= 0.6 is 24.0 Å². The molecule has 0 aliphatic rings. The van der Waals surface area contributed by atoms with Crippen LogP contribution in [-0.4, -0.2) is 18.0 Å². The molecule has 0 amide bonds. The standard InChI is InChI=1S/C15H26N4.HI/c1-4-15(5-2,11-18-14(16)17)19-12(3)13-9-7-6-8-10-13;/h6-10,12,19H,4-5,11H2,1-3H3,(H4,16,17,18);1H. The van der Waals surface area contributed by atoms with Gasteiger partial charge in [-0.3, -0.25) is 4.99 Å². The van der Waals surface area contributed by atoms with Crippen molar-refractivity contribution in [1.82, 2.24) is 5.32 Å². The Morgan fingerprint density at radius 3 is 2.20 bits per heavy atom. The Kier molecular flexibility index (Phi) is 8.80. The van der Waals surface area contributed by atoms with Crippen LogP contribution in [0.1, 0.15) is 45.2 Å². The summed E-state index contributed by atoms with van der Waals surface area (Å²) in [6.45, 7) is 7.11. The summed E-state index contributed by atoms with van der Waals surface area (Å²) >= 11 is 0. The first kappa shape index (κ1) is 19.2. The summed E-state index contributed by atoms with van der Waals surface area (Å²) < 4.78 is 0. The number of hydrogen-bond donors (Lipinski definition) is 3. The van der Waals surface area contributed by atoms with Crippen LogP contribution in [0.15, 0.2) is 35.3 Å². The van der Waals surface area contributed by atoms with E-state index >= 15 is 0 Å². The molecule has 0 spiro atoms. The molecule has 1 aromatic carbocycles. The second-order valence-electron chi connectivity index (χ2n) is 5.01. The van der Waals surface area contributed by atoms with Crippen LogP contribution < -0.4 is 16.8 Å². The van der Waals surface area contributed by atoms with E-state index in [1.165, 1.54) is 5.56 Å². The SMILES string of the molecule is CCC(CC)(CN=C(N)N)NC(C)c1ccccc1.I. The first-order valence-electron chi connectivity index (χ1n) is 6.91. The molecule has 0 saturated carbocycles. The molecule has 0 aliphatic carbocycles. The summed E-state index contributed by atoms with van der Waals surface area (Å²) in [7, 11) is 0. The molecule has 114 valence electrons. The van der Waals surface area contributed by atoms with Gasteiger partial charge in [-0.05, 0) is 25.3 Å². The number of rotatable bonds is 7. The normalized spacial score (nSPS) is 12.3.